The third-order valence-corrected chi connectivity index (χ3v) is 1.22. The fourth-order valence-electron chi connectivity index (χ4n) is 0.783. The van der Waals surface area contributed by atoms with Crippen molar-refractivity contribution in [3.05, 3.63) is 0 Å². The molecule has 0 bridgehead atoms. The summed E-state index contributed by atoms with van der Waals surface area (Å²) in [6, 6.07) is 0. The Kier molecular flexibility index (Phi) is 1.28. The molecule has 0 aliphatic carbocycles. The van der Waals surface area contributed by atoms with Crippen LogP contribution in [0.1, 0.15) is 12.8 Å². The van der Waals surface area contributed by atoms with Crippen LogP contribution in [-0.2, 0) is 4.79 Å². The molecule has 0 aromatic heterocycles. The number of hydrazone groups is 1. The molecule has 0 aromatic carbocycles. The van der Waals surface area contributed by atoms with Crippen molar-refractivity contribution in [3.63, 3.8) is 0 Å². The maximum absolute atomic E-state index is 10.6. The Morgan fingerprint density at radius 1 is 1.75 bits per heavy atom. The maximum Gasteiger partial charge on any atom is 0.242 e. The predicted octanol–water partition coefficient (Wildman–Crippen LogP) is 0.224. The van der Waals surface area contributed by atoms with Crippen LogP contribution in [0.15, 0.2) is 5.10 Å². The van der Waals surface area contributed by atoms with Gasteiger partial charge in [0.2, 0.25) is 5.91 Å². The van der Waals surface area contributed by atoms with Gasteiger partial charge < -0.3 is 0 Å². The third kappa shape index (κ3) is 0.710. The lowest BCUT2D eigenvalue weighted by Gasteiger charge is -2.03. The molecule has 1 amide bonds. The minimum Gasteiger partial charge on any atom is -0.273 e. The van der Waals surface area contributed by atoms with Crippen LogP contribution < -0.4 is 0 Å². The molecule has 3 nitrogen and oxygen atoms in total. The molecule has 1 heterocycles. The van der Waals surface area contributed by atoms with Gasteiger partial charge in [-0.15, -0.1) is 0 Å². The van der Waals surface area contributed by atoms with Crippen molar-refractivity contribution in [1.82, 2.24) is 5.01 Å². The molecular weight excluding hydrogens is 104 g/mol. The van der Waals surface area contributed by atoms with Crippen molar-refractivity contribution in [3.8, 4) is 0 Å². The number of nitrogens with zero attached hydrogens (tertiary/aromatic N) is 2. The predicted molar refractivity (Wildman–Crippen MR) is 30.5 cm³/mol. The highest BCUT2D eigenvalue weighted by Gasteiger charge is 2.17. The second-order valence-electron chi connectivity index (χ2n) is 1.76. The van der Waals surface area contributed by atoms with Gasteiger partial charge in [0.05, 0.1) is 0 Å². The van der Waals surface area contributed by atoms with Gasteiger partial charge >= 0.3 is 0 Å². The van der Waals surface area contributed by atoms with E-state index in [2.05, 4.69) is 11.8 Å². The Hall–Kier alpha value is -0.860. The van der Waals surface area contributed by atoms with Gasteiger partial charge in [-0.25, -0.2) is 5.01 Å². The van der Waals surface area contributed by atoms with E-state index in [1.54, 1.807) is 0 Å². The molecule has 0 spiro atoms. The minimum atomic E-state index is 0.0972. The molecule has 0 radical (unpaired) electrons. The van der Waals surface area contributed by atoms with Crippen molar-refractivity contribution in [2.24, 2.45) is 5.10 Å². The van der Waals surface area contributed by atoms with Crippen LogP contribution in [-0.4, -0.2) is 24.2 Å². The summed E-state index contributed by atoms with van der Waals surface area (Å²) in [6.07, 6.45) is 1.57. The molecule has 1 fully saturated rings. The summed E-state index contributed by atoms with van der Waals surface area (Å²) in [7, 11) is 0. The number of carbonyl (C=O) groups excluding carboxylic acids is 1. The first kappa shape index (κ1) is 5.28. The van der Waals surface area contributed by atoms with Gasteiger partial charge in [0.25, 0.3) is 0 Å². The SMILES string of the molecule is C=NN1CCCC1=O. The molecule has 0 saturated carbocycles. The summed E-state index contributed by atoms with van der Waals surface area (Å²) in [5, 5.41) is 4.91. The lowest BCUT2D eigenvalue weighted by atomic mass is 10.4. The van der Waals surface area contributed by atoms with Crippen molar-refractivity contribution < 1.29 is 4.79 Å². The van der Waals surface area contributed by atoms with Gasteiger partial charge in [-0.05, 0) is 6.42 Å². The number of rotatable bonds is 1. The summed E-state index contributed by atoms with van der Waals surface area (Å²) in [5.74, 6) is 0.0972. The molecule has 1 aliphatic rings. The standard InChI is InChI=1S/C5H8N2O/c1-6-7-4-2-3-5(7)8/h1-4H2. The van der Waals surface area contributed by atoms with E-state index in [1.807, 2.05) is 0 Å². The number of carbonyl (C=O) groups is 1. The van der Waals surface area contributed by atoms with E-state index in [0.29, 0.717) is 6.42 Å². The molecule has 1 rings (SSSR count). The second kappa shape index (κ2) is 1.94. The quantitative estimate of drug-likeness (QED) is 0.447. The molecule has 0 aromatic rings. The van der Waals surface area contributed by atoms with Crippen LogP contribution in [0.25, 0.3) is 0 Å². The van der Waals surface area contributed by atoms with Crippen LogP contribution in [0.5, 0.6) is 0 Å². The molecule has 0 N–H and O–H groups in total. The summed E-state index contributed by atoms with van der Waals surface area (Å²) in [6.45, 7) is 4.00. The average molecular weight is 112 g/mol. The summed E-state index contributed by atoms with van der Waals surface area (Å²) >= 11 is 0. The molecule has 8 heavy (non-hydrogen) atoms. The highest BCUT2D eigenvalue weighted by Crippen LogP contribution is 2.07. The third-order valence-electron chi connectivity index (χ3n) is 1.22. The van der Waals surface area contributed by atoms with E-state index in [4.69, 9.17) is 0 Å². The monoisotopic (exact) mass is 112 g/mol. The Bertz CT molecular complexity index is 122. The molecule has 3 heteroatoms. The minimum absolute atomic E-state index is 0.0972. The van der Waals surface area contributed by atoms with Gasteiger partial charge in [-0.3, -0.25) is 4.79 Å². The normalized spacial score (nSPS) is 19.5. The van der Waals surface area contributed by atoms with Gasteiger partial charge in [-0.1, -0.05) is 0 Å². The zero-order valence-electron chi connectivity index (χ0n) is 4.63. The molecule has 1 aliphatic heterocycles. The van der Waals surface area contributed by atoms with Gasteiger partial charge in [-0.2, -0.15) is 5.10 Å². The number of hydrogen-bond acceptors (Lipinski definition) is 2. The smallest absolute Gasteiger partial charge is 0.242 e. The molecular formula is C5H8N2O. The first-order valence-corrected chi connectivity index (χ1v) is 2.61. The lowest BCUT2D eigenvalue weighted by molar-refractivity contribution is -0.127. The van der Waals surface area contributed by atoms with Crippen LogP contribution >= 0.6 is 0 Å². The van der Waals surface area contributed by atoms with E-state index < -0.39 is 0 Å². The summed E-state index contributed by atoms with van der Waals surface area (Å²) in [5.41, 5.74) is 0. The number of hydrogen-bond donors (Lipinski definition) is 0. The lowest BCUT2D eigenvalue weighted by Crippen LogP contribution is -2.16. The Morgan fingerprint density at radius 3 is 2.75 bits per heavy atom. The summed E-state index contributed by atoms with van der Waals surface area (Å²) < 4.78 is 0. The van der Waals surface area contributed by atoms with Crippen molar-refractivity contribution in [1.29, 1.82) is 0 Å². The maximum atomic E-state index is 10.6. The molecule has 0 atom stereocenters. The second-order valence-corrected chi connectivity index (χ2v) is 1.76. The Balaban J connectivity index is 2.54. The van der Waals surface area contributed by atoms with E-state index in [1.165, 1.54) is 5.01 Å². The van der Waals surface area contributed by atoms with Crippen LogP contribution in [0.4, 0.5) is 0 Å². The van der Waals surface area contributed by atoms with Gasteiger partial charge in [0.1, 0.15) is 0 Å². The van der Waals surface area contributed by atoms with Crippen molar-refractivity contribution in [2.45, 2.75) is 12.8 Å². The van der Waals surface area contributed by atoms with E-state index >= 15 is 0 Å². The highest BCUT2D eigenvalue weighted by molar-refractivity contribution is 5.77. The molecule has 0 unspecified atom stereocenters. The Morgan fingerprint density at radius 2 is 2.50 bits per heavy atom. The van der Waals surface area contributed by atoms with E-state index in [0.717, 1.165) is 13.0 Å². The van der Waals surface area contributed by atoms with E-state index in [-0.39, 0.29) is 5.91 Å². The topological polar surface area (TPSA) is 32.7 Å². The largest absolute Gasteiger partial charge is 0.273 e. The molecule has 1 saturated heterocycles. The van der Waals surface area contributed by atoms with Gasteiger partial charge in [0, 0.05) is 19.7 Å². The zero-order chi connectivity index (χ0) is 5.98. The first-order chi connectivity index (χ1) is 3.84. The fourth-order valence-corrected chi connectivity index (χ4v) is 0.783. The average Bonchev–Trinajstić information content (AvgIpc) is 2.14. The van der Waals surface area contributed by atoms with Crippen LogP contribution in [0, 0.1) is 0 Å². The van der Waals surface area contributed by atoms with E-state index in [9.17, 15) is 4.79 Å². The van der Waals surface area contributed by atoms with Crippen LogP contribution in [0.3, 0.4) is 0 Å². The zero-order valence-corrected chi connectivity index (χ0v) is 4.63. The summed E-state index contributed by atoms with van der Waals surface area (Å²) in [4.78, 5) is 10.6. The van der Waals surface area contributed by atoms with Crippen molar-refractivity contribution in [2.75, 3.05) is 6.54 Å². The van der Waals surface area contributed by atoms with Crippen LogP contribution in [0.2, 0.25) is 0 Å². The Labute approximate surface area is 48.0 Å². The van der Waals surface area contributed by atoms with Gasteiger partial charge in [0.15, 0.2) is 0 Å². The van der Waals surface area contributed by atoms with Crippen molar-refractivity contribution >= 4 is 12.6 Å². The molecule has 44 valence electrons. The number of amides is 1. The fraction of sp³-hybridized carbons (Fsp3) is 0.600. The first-order valence-electron chi connectivity index (χ1n) is 2.61. The highest BCUT2D eigenvalue weighted by atomic mass is 16.2.